The number of benzene rings is 1. The van der Waals surface area contributed by atoms with E-state index < -0.39 is 5.41 Å². The van der Waals surface area contributed by atoms with E-state index in [4.69, 9.17) is 0 Å². The van der Waals surface area contributed by atoms with Gasteiger partial charge in [0.25, 0.3) is 0 Å². The van der Waals surface area contributed by atoms with Crippen molar-refractivity contribution < 1.29 is 4.79 Å². The van der Waals surface area contributed by atoms with Gasteiger partial charge in [-0.15, -0.1) is 0 Å². The Morgan fingerprint density at radius 3 is 2.57 bits per heavy atom. The lowest BCUT2D eigenvalue weighted by Gasteiger charge is -2.33. The summed E-state index contributed by atoms with van der Waals surface area (Å²) in [7, 11) is 0. The van der Waals surface area contributed by atoms with Crippen LogP contribution in [-0.2, 0) is 4.79 Å². The van der Waals surface area contributed by atoms with Gasteiger partial charge in [0, 0.05) is 19.0 Å². The monoisotopic (exact) mass is 282 g/mol. The highest BCUT2D eigenvalue weighted by atomic mass is 16.2. The second kappa shape index (κ2) is 5.89. The van der Waals surface area contributed by atoms with Gasteiger partial charge in [-0.05, 0) is 24.8 Å². The molecule has 2 aliphatic rings. The number of carbonyl (C=O) groups is 1. The average Bonchev–Trinajstić information content (AvgIpc) is 3.05. The lowest BCUT2D eigenvalue weighted by molar-refractivity contribution is -0.139. The molecular formula is C18H22N2O. The fourth-order valence-corrected chi connectivity index (χ4v) is 3.77. The van der Waals surface area contributed by atoms with Crippen molar-refractivity contribution in [1.29, 1.82) is 5.26 Å². The molecule has 3 heteroatoms. The van der Waals surface area contributed by atoms with Gasteiger partial charge in [0.2, 0.25) is 5.91 Å². The number of nitriles is 1. The molecule has 1 unspecified atom stereocenters. The second-order valence-electron chi connectivity index (χ2n) is 6.40. The Labute approximate surface area is 126 Å². The van der Waals surface area contributed by atoms with Crippen LogP contribution >= 0.6 is 0 Å². The zero-order valence-electron chi connectivity index (χ0n) is 12.4. The van der Waals surface area contributed by atoms with E-state index in [1.807, 2.05) is 11.0 Å². The van der Waals surface area contributed by atoms with Crippen LogP contribution in [0.2, 0.25) is 0 Å². The molecule has 1 saturated carbocycles. The first-order valence-corrected chi connectivity index (χ1v) is 8.01. The van der Waals surface area contributed by atoms with Crippen molar-refractivity contribution in [2.75, 3.05) is 13.1 Å². The summed E-state index contributed by atoms with van der Waals surface area (Å²) in [5.74, 6) is 0.512. The molecule has 1 amide bonds. The first kappa shape index (κ1) is 14.1. The number of nitrogens with zero attached hydrogens (tertiary/aromatic N) is 2. The smallest absolute Gasteiger partial charge is 0.243 e. The summed E-state index contributed by atoms with van der Waals surface area (Å²) in [5.41, 5.74) is 0.576. The van der Waals surface area contributed by atoms with E-state index in [1.54, 1.807) is 0 Å². The average molecular weight is 282 g/mol. The maximum absolute atomic E-state index is 12.8. The van der Waals surface area contributed by atoms with E-state index in [0.717, 1.165) is 51.6 Å². The van der Waals surface area contributed by atoms with Gasteiger partial charge in [-0.2, -0.15) is 5.26 Å². The zero-order chi connectivity index (χ0) is 14.7. The first-order chi connectivity index (χ1) is 10.2. The summed E-state index contributed by atoms with van der Waals surface area (Å²) in [4.78, 5) is 14.8. The summed E-state index contributed by atoms with van der Waals surface area (Å²) in [5, 5.41) is 9.56. The van der Waals surface area contributed by atoms with Crippen LogP contribution in [0.5, 0.6) is 0 Å². The van der Waals surface area contributed by atoms with Crippen LogP contribution in [0.1, 0.15) is 50.0 Å². The van der Waals surface area contributed by atoms with Crippen molar-refractivity contribution in [2.24, 2.45) is 5.41 Å². The Balaban J connectivity index is 1.71. The van der Waals surface area contributed by atoms with Crippen LogP contribution in [0, 0.1) is 16.7 Å². The third-order valence-corrected chi connectivity index (χ3v) is 5.08. The van der Waals surface area contributed by atoms with Crippen molar-refractivity contribution >= 4 is 5.91 Å². The number of rotatable bonds is 2. The molecule has 3 nitrogen and oxygen atoms in total. The zero-order valence-corrected chi connectivity index (χ0v) is 12.4. The van der Waals surface area contributed by atoms with Crippen LogP contribution in [-0.4, -0.2) is 23.9 Å². The highest BCUT2D eigenvalue weighted by Crippen LogP contribution is 2.39. The molecule has 0 spiro atoms. The fraction of sp³-hybridized carbons (Fsp3) is 0.556. The molecule has 0 radical (unpaired) electrons. The molecule has 0 aromatic heterocycles. The van der Waals surface area contributed by atoms with Crippen molar-refractivity contribution in [1.82, 2.24) is 4.90 Å². The van der Waals surface area contributed by atoms with E-state index in [9.17, 15) is 10.1 Å². The van der Waals surface area contributed by atoms with E-state index in [1.165, 1.54) is 5.56 Å². The van der Waals surface area contributed by atoms with Crippen LogP contribution in [0.15, 0.2) is 30.3 Å². The normalized spacial score (nSPS) is 24.5. The summed E-state index contributed by atoms with van der Waals surface area (Å²) in [6.45, 7) is 1.56. The van der Waals surface area contributed by atoms with Gasteiger partial charge in [0.05, 0.1) is 6.07 Å². The molecule has 1 heterocycles. The van der Waals surface area contributed by atoms with E-state index >= 15 is 0 Å². The highest BCUT2D eigenvalue weighted by Gasteiger charge is 2.44. The largest absolute Gasteiger partial charge is 0.341 e. The predicted octanol–water partition coefficient (Wildman–Crippen LogP) is 3.48. The van der Waals surface area contributed by atoms with Gasteiger partial charge in [0.1, 0.15) is 5.41 Å². The molecule has 0 N–H and O–H groups in total. The molecule has 2 fully saturated rings. The molecule has 0 bridgehead atoms. The number of likely N-dealkylation sites (tertiary alicyclic amines) is 1. The quantitative estimate of drug-likeness (QED) is 0.833. The summed E-state index contributed by atoms with van der Waals surface area (Å²) >= 11 is 0. The Morgan fingerprint density at radius 1 is 1.19 bits per heavy atom. The predicted molar refractivity (Wildman–Crippen MR) is 81.5 cm³/mol. The fourth-order valence-electron chi connectivity index (χ4n) is 3.77. The molecule has 21 heavy (non-hydrogen) atoms. The Bertz CT molecular complexity index is 540. The van der Waals surface area contributed by atoms with Crippen LogP contribution in [0.25, 0.3) is 0 Å². The number of carbonyl (C=O) groups excluding carboxylic acids is 1. The van der Waals surface area contributed by atoms with E-state index in [0.29, 0.717) is 5.92 Å². The minimum Gasteiger partial charge on any atom is -0.341 e. The van der Waals surface area contributed by atoms with Crippen molar-refractivity contribution in [3.63, 3.8) is 0 Å². The molecule has 3 rings (SSSR count). The Kier molecular flexibility index (Phi) is 3.96. The number of amides is 1. The first-order valence-electron chi connectivity index (χ1n) is 8.01. The SMILES string of the molecule is N#CC1(C(=O)N2CCC(c3ccccc3)C2)CCCCC1. The molecule has 110 valence electrons. The lowest BCUT2D eigenvalue weighted by Crippen LogP contribution is -2.43. The third kappa shape index (κ3) is 2.68. The summed E-state index contributed by atoms with van der Waals surface area (Å²) < 4.78 is 0. The maximum Gasteiger partial charge on any atom is 0.243 e. The molecule has 1 atom stereocenters. The van der Waals surface area contributed by atoms with Crippen molar-refractivity contribution in [3.8, 4) is 6.07 Å². The van der Waals surface area contributed by atoms with Crippen LogP contribution in [0.4, 0.5) is 0 Å². The molecular weight excluding hydrogens is 260 g/mol. The Hall–Kier alpha value is -1.82. The summed E-state index contributed by atoms with van der Waals surface area (Å²) in [6, 6.07) is 12.8. The maximum atomic E-state index is 12.8. The van der Waals surface area contributed by atoms with E-state index in [-0.39, 0.29) is 5.91 Å². The van der Waals surface area contributed by atoms with Gasteiger partial charge in [-0.25, -0.2) is 0 Å². The summed E-state index contributed by atoms with van der Waals surface area (Å²) in [6.07, 6.45) is 5.68. The van der Waals surface area contributed by atoms with Crippen LogP contribution < -0.4 is 0 Å². The van der Waals surface area contributed by atoms with Gasteiger partial charge in [0.15, 0.2) is 0 Å². The van der Waals surface area contributed by atoms with E-state index in [2.05, 4.69) is 30.3 Å². The topological polar surface area (TPSA) is 44.1 Å². The molecule has 1 aromatic carbocycles. The number of hydrogen-bond donors (Lipinski definition) is 0. The van der Waals surface area contributed by atoms with Gasteiger partial charge >= 0.3 is 0 Å². The minimum atomic E-state index is -0.732. The molecule has 1 saturated heterocycles. The minimum absolute atomic E-state index is 0.0862. The highest BCUT2D eigenvalue weighted by molar-refractivity contribution is 5.86. The van der Waals surface area contributed by atoms with Crippen molar-refractivity contribution in [3.05, 3.63) is 35.9 Å². The van der Waals surface area contributed by atoms with Gasteiger partial charge in [-0.3, -0.25) is 4.79 Å². The lowest BCUT2D eigenvalue weighted by atomic mass is 9.74. The van der Waals surface area contributed by atoms with Gasteiger partial charge in [-0.1, -0.05) is 49.6 Å². The Morgan fingerprint density at radius 2 is 1.90 bits per heavy atom. The molecule has 1 aliphatic heterocycles. The third-order valence-electron chi connectivity index (χ3n) is 5.08. The second-order valence-corrected chi connectivity index (χ2v) is 6.40. The van der Waals surface area contributed by atoms with Gasteiger partial charge < -0.3 is 4.90 Å². The van der Waals surface area contributed by atoms with Crippen LogP contribution in [0.3, 0.4) is 0 Å². The molecule has 1 aromatic rings. The van der Waals surface area contributed by atoms with Crippen molar-refractivity contribution in [2.45, 2.75) is 44.4 Å². The number of hydrogen-bond acceptors (Lipinski definition) is 2. The standard InChI is InChI=1S/C18H22N2O/c19-14-18(10-5-2-6-11-18)17(21)20-12-9-16(13-20)15-7-3-1-4-8-15/h1,3-4,7-8,16H,2,5-6,9-13H2. The molecule has 1 aliphatic carbocycles.